The molecule has 3 heterocycles. The number of alkyl halides is 3. The molecule has 6 nitrogen and oxygen atoms in total. The first kappa shape index (κ1) is 20.2. The van der Waals surface area contributed by atoms with E-state index in [2.05, 4.69) is 15.5 Å². The number of rotatable bonds is 6. The number of benzene rings is 1. The first-order chi connectivity index (χ1) is 14.4. The number of nitrogens with one attached hydrogen (secondary N) is 1. The highest BCUT2D eigenvalue weighted by Gasteiger charge is 2.30. The van der Waals surface area contributed by atoms with Gasteiger partial charge in [0.25, 0.3) is 0 Å². The van der Waals surface area contributed by atoms with Gasteiger partial charge in [-0.05, 0) is 41.8 Å². The van der Waals surface area contributed by atoms with E-state index in [0.29, 0.717) is 11.0 Å². The molecule has 1 amide bonds. The van der Waals surface area contributed by atoms with E-state index in [-0.39, 0.29) is 11.4 Å². The Kier molecular flexibility index (Phi) is 5.64. The third-order valence-electron chi connectivity index (χ3n) is 3.98. The monoisotopic (exact) mass is 449 g/mol. The summed E-state index contributed by atoms with van der Waals surface area (Å²) in [5.41, 5.74) is -0.734. The first-order valence-electron chi connectivity index (χ1n) is 8.64. The molecule has 0 aliphatic heterocycles. The van der Waals surface area contributed by atoms with Gasteiger partial charge < -0.3 is 5.32 Å². The summed E-state index contributed by atoms with van der Waals surface area (Å²) in [4.78, 5) is 13.2. The Bertz CT molecular complexity index is 1140. The molecular formula is C19H14F3N5OS2. The second-order valence-electron chi connectivity index (χ2n) is 6.07. The molecule has 3 aromatic heterocycles. The Hall–Kier alpha value is -3.05. The Morgan fingerprint density at radius 2 is 1.90 bits per heavy atom. The molecule has 11 heteroatoms. The van der Waals surface area contributed by atoms with Gasteiger partial charge in [-0.1, -0.05) is 23.9 Å². The lowest BCUT2D eigenvalue weighted by atomic mass is 10.2. The van der Waals surface area contributed by atoms with E-state index in [9.17, 15) is 18.0 Å². The fraction of sp³-hybridized carbons (Fsp3) is 0.105. The number of thiophene rings is 1. The summed E-state index contributed by atoms with van der Waals surface area (Å²) in [7, 11) is 0. The largest absolute Gasteiger partial charge is 0.416 e. The van der Waals surface area contributed by atoms with Crippen molar-refractivity contribution in [3.05, 3.63) is 71.9 Å². The van der Waals surface area contributed by atoms with Gasteiger partial charge >= 0.3 is 6.18 Å². The van der Waals surface area contributed by atoms with Crippen LogP contribution < -0.4 is 5.32 Å². The zero-order valence-electron chi connectivity index (χ0n) is 15.2. The van der Waals surface area contributed by atoms with Crippen LogP contribution in [0.2, 0.25) is 0 Å². The highest BCUT2D eigenvalue weighted by Crippen LogP contribution is 2.31. The quantitative estimate of drug-likeness (QED) is 0.427. The number of carbonyl (C=O) groups is 1. The van der Waals surface area contributed by atoms with E-state index >= 15 is 0 Å². The molecule has 0 saturated heterocycles. The molecule has 154 valence electrons. The zero-order chi connectivity index (χ0) is 21.1. The van der Waals surface area contributed by atoms with Crippen molar-refractivity contribution >= 4 is 34.7 Å². The van der Waals surface area contributed by atoms with Gasteiger partial charge in [0.2, 0.25) is 11.1 Å². The topological polar surface area (TPSA) is 64.7 Å². The lowest BCUT2D eigenvalue weighted by Crippen LogP contribution is -2.16. The molecule has 4 aromatic rings. The lowest BCUT2D eigenvalue weighted by Gasteiger charge is -2.11. The Morgan fingerprint density at radius 3 is 2.60 bits per heavy atom. The number of hydrogen-bond acceptors (Lipinski definition) is 5. The van der Waals surface area contributed by atoms with Crippen LogP contribution in [0.5, 0.6) is 0 Å². The molecule has 0 aliphatic carbocycles. The van der Waals surface area contributed by atoms with E-state index in [4.69, 9.17) is 0 Å². The Morgan fingerprint density at radius 1 is 1.10 bits per heavy atom. The van der Waals surface area contributed by atoms with Crippen LogP contribution in [0.15, 0.2) is 71.5 Å². The van der Waals surface area contributed by atoms with Crippen molar-refractivity contribution in [2.45, 2.75) is 11.3 Å². The molecule has 0 unspecified atom stereocenters. The summed E-state index contributed by atoms with van der Waals surface area (Å²) in [6.07, 6.45) is -0.818. The second kappa shape index (κ2) is 8.36. The zero-order valence-corrected chi connectivity index (χ0v) is 16.8. The van der Waals surface area contributed by atoms with Crippen LogP contribution in [-0.2, 0) is 11.0 Å². The number of anilines is 1. The van der Waals surface area contributed by atoms with Gasteiger partial charge in [-0.15, -0.1) is 21.5 Å². The molecule has 0 fully saturated rings. The van der Waals surface area contributed by atoms with Crippen molar-refractivity contribution < 1.29 is 18.0 Å². The average molecular weight is 449 g/mol. The smallest absolute Gasteiger partial charge is 0.325 e. The first-order valence-corrected chi connectivity index (χ1v) is 10.5. The van der Waals surface area contributed by atoms with Gasteiger partial charge in [0, 0.05) is 18.1 Å². The average Bonchev–Trinajstić information content (AvgIpc) is 3.46. The molecule has 1 N–H and O–H groups in total. The van der Waals surface area contributed by atoms with Crippen LogP contribution in [0, 0.1) is 0 Å². The van der Waals surface area contributed by atoms with Gasteiger partial charge in [-0.25, -0.2) is 4.68 Å². The van der Waals surface area contributed by atoms with Crippen LogP contribution in [0.25, 0.3) is 10.7 Å². The maximum atomic E-state index is 12.8. The van der Waals surface area contributed by atoms with Crippen molar-refractivity contribution in [3.8, 4) is 10.7 Å². The number of aromatic nitrogens is 4. The van der Waals surface area contributed by atoms with E-state index < -0.39 is 17.6 Å². The highest BCUT2D eigenvalue weighted by molar-refractivity contribution is 7.99. The van der Waals surface area contributed by atoms with Gasteiger partial charge in [-0.2, -0.15) is 13.2 Å². The minimum absolute atomic E-state index is 0.0416. The summed E-state index contributed by atoms with van der Waals surface area (Å²) in [6, 6.07) is 12.1. The van der Waals surface area contributed by atoms with Crippen molar-refractivity contribution in [2.24, 2.45) is 0 Å². The molecule has 0 spiro atoms. The van der Waals surface area contributed by atoms with E-state index in [0.717, 1.165) is 28.8 Å². The van der Waals surface area contributed by atoms with E-state index in [1.54, 1.807) is 9.35 Å². The third kappa shape index (κ3) is 4.41. The van der Waals surface area contributed by atoms with E-state index in [1.165, 1.54) is 23.5 Å². The number of carbonyl (C=O) groups excluding carboxylic acids is 1. The van der Waals surface area contributed by atoms with Gasteiger partial charge in [-0.3, -0.25) is 9.47 Å². The fourth-order valence-corrected chi connectivity index (χ4v) is 4.11. The van der Waals surface area contributed by atoms with Crippen LogP contribution >= 0.6 is 23.1 Å². The number of thioether (sulfide) groups is 1. The van der Waals surface area contributed by atoms with Crippen molar-refractivity contribution in [3.63, 3.8) is 0 Å². The van der Waals surface area contributed by atoms with E-state index in [1.807, 2.05) is 42.0 Å². The number of amides is 1. The molecule has 0 aliphatic rings. The van der Waals surface area contributed by atoms with Crippen molar-refractivity contribution in [1.82, 2.24) is 19.5 Å². The van der Waals surface area contributed by atoms with Gasteiger partial charge in [0.05, 0.1) is 16.2 Å². The number of hydrogen-bond donors (Lipinski definition) is 1. The minimum atomic E-state index is -4.47. The molecule has 0 atom stereocenters. The molecule has 30 heavy (non-hydrogen) atoms. The number of nitrogens with zero attached hydrogens (tertiary/aromatic N) is 4. The van der Waals surface area contributed by atoms with Crippen molar-refractivity contribution in [2.75, 3.05) is 11.1 Å². The highest BCUT2D eigenvalue weighted by atomic mass is 32.2. The Labute approximate surface area is 177 Å². The predicted molar refractivity (Wildman–Crippen MR) is 109 cm³/mol. The molecule has 0 bridgehead atoms. The summed E-state index contributed by atoms with van der Waals surface area (Å²) in [5.74, 6) is 0.140. The van der Waals surface area contributed by atoms with Crippen LogP contribution in [0.4, 0.5) is 18.9 Å². The summed E-state index contributed by atoms with van der Waals surface area (Å²) >= 11 is 2.65. The van der Waals surface area contributed by atoms with Crippen molar-refractivity contribution in [1.29, 1.82) is 0 Å². The summed E-state index contributed by atoms with van der Waals surface area (Å²) in [5, 5.41) is 13.3. The predicted octanol–water partition coefficient (Wildman–Crippen LogP) is 4.87. The van der Waals surface area contributed by atoms with Crippen LogP contribution in [0.1, 0.15) is 5.56 Å². The summed E-state index contributed by atoms with van der Waals surface area (Å²) in [6.45, 7) is 0. The van der Waals surface area contributed by atoms with Crippen LogP contribution in [-0.4, -0.2) is 31.2 Å². The SMILES string of the molecule is O=C(CSc1nnc(-c2cccs2)n1-n1cccc1)Nc1cccc(C(F)(F)F)c1. The Balaban J connectivity index is 1.50. The maximum absolute atomic E-state index is 12.8. The molecule has 4 rings (SSSR count). The third-order valence-corrected chi connectivity index (χ3v) is 5.76. The summed E-state index contributed by atoms with van der Waals surface area (Å²) < 4.78 is 42.1. The normalized spacial score (nSPS) is 11.6. The number of halogens is 3. The molecule has 1 aromatic carbocycles. The molecular weight excluding hydrogens is 435 g/mol. The fourth-order valence-electron chi connectivity index (χ4n) is 2.68. The maximum Gasteiger partial charge on any atom is 0.416 e. The minimum Gasteiger partial charge on any atom is -0.325 e. The molecule has 0 radical (unpaired) electrons. The molecule has 0 saturated carbocycles. The van der Waals surface area contributed by atoms with Gasteiger partial charge in [0.15, 0.2) is 5.82 Å². The van der Waals surface area contributed by atoms with Gasteiger partial charge in [0.1, 0.15) is 0 Å². The standard InChI is InChI=1S/C19H14F3N5OS2/c20-19(21,22)13-5-3-6-14(11-13)23-16(28)12-30-18-25-24-17(15-7-4-10-29-15)27(18)26-8-1-2-9-26/h1-11H,12H2,(H,23,28). The second-order valence-corrected chi connectivity index (χ2v) is 7.96. The lowest BCUT2D eigenvalue weighted by molar-refractivity contribution is -0.137. The van der Waals surface area contributed by atoms with Crippen LogP contribution in [0.3, 0.4) is 0 Å².